The van der Waals surface area contributed by atoms with Gasteiger partial charge in [0.05, 0.1) is 12.8 Å². The standard InChI is InChI=1S/C17H15NO/c1-12-6-8-13(9-7-12)16-10-14-4-3-5-17(19-2)15(14)11-18-16/h3-11H,1-2H3. The molecule has 0 aliphatic carbocycles. The predicted molar refractivity (Wildman–Crippen MR) is 78.5 cm³/mol. The van der Waals surface area contributed by atoms with E-state index in [1.807, 2.05) is 18.3 Å². The molecule has 1 aromatic heterocycles. The maximum atomic E-state index is 5.35. The zero-order valence-corrected chi connectivity index (χ0v) is 11.1. The van der Waals surface area contributed by atoms with E-state index in [0.717, 1.165) is 27.8 Å². The first-order valence-corrected chi connectivity index (χ1v) is 6.28. The van der Waals surface area contributed by atoms with Gasteiger partial charge in [0.1, 0.15) is 5.75 Å². The number of aromatic nitrogens is 1. The number of hydrogen-bond acceptors (Lipinski definition) is 2. The van der Waals surface area contributed by atoms with Gasteiger partial charge in [0, 0.05) is 17.1 Å². The number of hydrogen-bond donors (Lipinski definition) is 0. The molecule has 0 bridgehead atoms. The van der Waals surface area contributed by atoms with Crippen molar-refractivity contribution in [3.63, 3.8) is 0 Å². The fraction of sp³-hybridized carbons (Fsp3) is 0.118. The third-order valence-electron chi connectivity index (χ3n) is 3.29. The molecule has 3 rings (SSSR count). The quantitative estimate of drug-likeness (QED) is 0.678. The minimum absolute atomic E-state index is 0.862. The summed E-state index contributed by atoms with van der Waals surface area (Å²) in [5, 5.41) is 2.19. The third-order valence-corrected chi connectivity index (χ3v) is 3.29. The van der Waals surface area contributed by atoms with E-state index in [-0.39, 0.29) is 0 Å². The Labute approximate surface area is 112 Å². The lowest BCUT2D eigenvalue weighted by Gasteiger charge is -2.07. The summed E-state index contributed by atoms with van der Waals surface area (Å²) in [5.41, 5.74) is 3.38. The fourth-order valence-electron chi connectivity index (χ4n) is 2.20. The zero-order valence-electron chi connectivity index (χ0n) is 11.1. The van der Waals surface area contributed by atoms with Crippen LogP contribution in [0.2, 0.25) is 0 Å². The van der Waals surface area contributed by atoms with E-state index >= 15 is 0 Å². The highest BCUT2D eigenvalue weighted by Gasteiger charge is 2.04. The second-order valence-electron chi connectivity index (χ2n) is 4.62. The van der Waals surface area contributed by atoms with E-state index in [4.69, 9.17) is 4.74 Å². The number of rotatable bonds is 2. The van der Waals surface area contributed by atoms with Crippen LogP contribution in [0.1, 0.15) is 5.56 Å². The summed E-state index contributed by atoms with van der Waals surface area (Å²) in [4.78, 5) is 4.54. The summed E-state index contributed by atoms with van der Waals surface area (Å²) in [5.74, 6) is 0.862. The molecule has 0 amide bonds. The Hall–Kier alpha value is -2.35. The van der Waals surface area contributed by atoms with Crippen LogP contribution in [0.5, 0.6) is 5.75 Å². The molecule has 2 heteroatoms. The molecular weight excluding hydrogens is 234 g/mol. The van der Waals surface area contributed by atoms with Gasteiger partial charge in [0.25, 0.3) is 0 Å². The monoisotopic (exact) mass is 249 g/mol. The first-order chi connectivity index (χ1) is 9.28. The van der Waals surface area contributed by atoms with Gasteiger partial charge in [-0.1, -0.05) is 42.0 Å². The molecule has 19 heavy (non-hydrogen) atoms. The Morgan fingerprint density at radius 3 is 2.53 bits per heavy atom. The highest BCUT2D eigenvalue weighted by atomic mass is 16.5. The van der Waals surface area contributed by atoms with Crippen LogP contribution in [0.25, 0.3) is 22.0 Å². The van der Waals surface area contributed by atoms with Crippen LogP contribution in [0.15, 0.2) is 54.7 Å². The summed E-state index contributed by atoms with van der Waals surface area (Å²) in [6.07, 6.45) is 1.88. The molecule has 0 saturated heterocycles. The van der Waals surface area contributed by atoms with E-state index in [1.165, 1.54) is 5.56 Å². The first-order valence-electron chi connectivity index (χ1n) is 6.28. The molecule has 0 aliphatic rings. The minimum Gasteiger partial charge on any atom is -0.496 e. The summed E-state index contributed by atoms with van der Waals surface area (Å²) in [6.45, 7) is 2.09. The van der Waals surface area contributed by atoms with Crippen LogP contribution in [-0.2, 0) is 0 Å². The van der Waals surface area contributed by atoms with E-state index in [0.29, 0.717) is 0 Å². The SMILES string of the molecule is COc1cccc2cc(-c3ccc(C)cc3)ncc12. The van der Waals surface area contributed by atoms with Crippen molar-refractivity contribution in [3.8, 4) is 17.0 Å². The highest BCUT2D eigenvalue weighted by Crippen LogP contribution is 2.28. The first kappa shape index (κ1) is 11.7. The molecule has 2 aromatic carbocycles. The van der Waals surface area contributed by atoms with Crippen molar-refractivity contribution < 1.29 is 4.74 Å². The number of fused-ring (bicyclic) bond motifs is 1. The normalized spacial score (nSPS) is 10.6. The fourth-order valence-corrected chi connectivity index (χ4v) is 2.20. The van der Waals surface area contributed by atoms with Gasteiger partial charge in [-0.3, -0.25) is 4.98 Å². The van der Waals surface area contributed by atoms with Gasteiger partial charge in [0.15, 0.2) is 0 Å². The van der Waals surface area contributed by atoms with Crippen LogP contribution in [0.3, 0.4) is 0 Å². The molecule has 3 aromatic rings. The zero-order chi connectivity index (χ0) is 13.2. The van der Waals surface area contributed by atoms with E-state index < -0.39 is 0 Å². The maximum Gasteiger partial charge on any atom is 0.128 e. The third kappa shape index (κ3) is 2.17. The summed E-state index contributed by atoms with van der Waals surface area (Å²) in [6, 6.07) is 16.5. The van der Waals surface area contributed by atoms with E-state index in [2.05, 4.69) is 48.3 Å². The van der Waals surface area contributed by atoms with Gasteiger partial charge >= 0.3 is 0 Å². The minimum atomic E-state index is 0.862. The average Bonchev–Trinajstić information content (AvgIpc) is 2.47. The molecule has 1 heterocycles. The van der Waals surface area contributed by atoms with Crippen LogP contribution in [0, 0.1) is 6.92 Å². The molecule has 0 spiro atoms. The van der Waals surface area contributed by atoms with E-state index in [9.17, 15) is 0 Å². The van der Waals surface area contributed by atoms with Gasteiger partial charge in [-0.25, -0.2) is 0 Å². The summed E-state index contributed by atoms with van der Waals surface area (Å²) >= 11 is 0. The average molecular weight is 249 g/mol. The number of ether oxygens (including phenoxy) is 1. The van der Waals surface area contributed by atoms with Gasteiger partial charge in [-0.05, 0) is 24.4 Å². The Balaban J connectivity index is 2.14. The lowest BCUT2D eigenvalue weighted by molar-refractivity contribution is 0.419. The van der Waals surface area contributed by atoms with Gasteiger partial charge in [-0.15, -0.1) is 0 Å². The number of methoxy groups -OCH3 is 1. The van der Waals surface area contributed by atoms with Gasteiger partial charge < -0.3 is 4.74 Å². The second kappa shape index (κ2) is 4.73. The van der Waals surface area contributed by atoms with Crippen molar-refractivity contribution in [3.05, 3.63) is 60.3 Å². The number of benzene rings is 2. The van der Waals surface area contributed by atoms with Gasteiger partial charge in [-0.2, -0.15) is 0 Å². The lowest BCUT2D eigenvalue weighted by atomic mass is 10.1. The number of pyridine rings is 1. The second-order valence-corrected chi connectivity index (χ2v) is 4.62. The van der Waals surface area contributed by atoms with E-state index in [1.54, 1.807) is 7.11 Å². The summed E-state index contributed by atoms with van der Waals surface area (Å²) in [7, 11) is 1.68. The van der Waals surface area contributed by atoms with Crippen molar-refractivity contribution in [1.29, 1.82) is 0 Å². The largest absolute Gasteiger partial charge is 0.496 e. The molecule has 0 atom stereocenters. The smallest absolute Gasteiger partial charge is 0.128 e. The number of nitrogens with zero attached hydrogens (tertiary/aromatic N) is 1. The van der Waals surface area contributed by atoms with Crippen LogP contribution in [0.4, 0.5) is 0 Å². The Morgan fingerprint density at radius 1 is 1.00 bits per heavy atom. The Bertz CT molecular complexity index is 717. The highest BCUT2D eigenvalue weighted by molar-refractivity contribution is 5.90. The molecule has 2 nitrogen and oxygen atoms in total. The van der Waals surface area contributed by atoms with Crippen molar-refractivity contribution in [2.75, 3.05) is 7.11 Å². The molecule has 0 N–H and O–H groups in total. The molecule has 0 unspecified atom stereocenters. The van der Waals surface area contributed by atoms with Crippen LogP contribution >= 0.6 is 0 Å². The molecule has 94 valence electrons. The number of aryl methyl sites for hydroxylation is 1. The summed E-state index contributed by atoms with van der Waals surface area (Å²) < 4.78 is 5.35. The van der Waals surface area contributed by atoms with Crippen molar-refractivity contribution in [1.82, 2.24) is 4.98 Å². The van der Waals surface area contributed by atoms with Crippen molar-refractivity contribution >= 4 is 10.8 Å². The van der Waals surface area contributed by atoms with Gasteiger partial charge in [0.2, 0.25) is 0 Å². The van der Waals surface area contributed by atoms with Crippen molar-refractivity contribution in [2.45, 2.75) is 6.92 Å². The molecule has 0 aliphatic heterocycles. The molecule has 0 saturated carbocycles. The predicted octanol–water partition coefficient (Wildman–Crippen LogP) is 4.22. The Kier molecular flexibility index (Phi) is 2.92. The molecule has 0 radical (unpaired) electrons. The van der Waals surface area contributed by atoms with Crippen molar-refractivity contribution in [2.24, 2.45) is 0 Å². The molecule has 0 fully saturated rings. The van der Waals surface area contributed by atoms with Crippen LogP contribution < -0.4 is 4.74 Å². The van der Waals surface area contributed by atoms with Crippen LogP contribution in [-0.4, -0.2) is 12.1 Å². The topological polar surface area (TPSA) is 22.1 Å². The Morgan fingerprint density at radius 2 is 1.79 bits per heavy atom. The lowest BCUT2D eigenvalue weighted by Crippen LogP contribution is -1.88. The maximum absolute atomic E-state index is 5.35. The molecular formula is C17H15NO.